The molecule has 3 nitrogen and oxygen atoms in total. The predicted octanol–water partition coefficient (Wildman–Crippen LogP) is 2.09. The van der Waals surface area contributed by atoms with E-state index in [0.717, 1.165) is 6.07 Å². The molecule has 0 fully saturated rings. The summed E-state index contributed by atoms with van der Waals surface area (Å²) < 4.78 is 12.9. The van der Waals surface area contributed by atoms with E-state index in [2.05, 4.69) is 0 Å². The second-order valence-electron chi connectivity index (χ2n) is 3.01. The Balaban J connectivity index is 2.95. The number of carboxylic acids is 1. The molecule has 0 aliphatic heterocycles. The normalized spacial score (nSPS) is 12.5. The summed E-state index contributed by atoms with van der Waals surface area (Å²) in [5, 5.41) is 8.60. The van der Waals surface area contributed by atoms with E-state index in [9.17, 15) is 9.18 Å². The first-order chi connectivity index (χ1) is 6.91. The van der Waals surface area contributed by atoms with Gasteiger partial charge in [-0.15, -0.1) is 0 Å². The largest absolute Gasteiger partial charge is 0.480 e. The van der Waals surface area contributed by atoms with Crippen LogP contribution in [-0.4, -0.2) is 17.1 Å². The van der Waals surface area contributed by atoms with E-state index >= 15 is 0 Å². The van der Waals surface area contributed by atoms with E-state index in [1.807, 2.05) is 0 Å². The van der Waals surface area contributed by atoms with Crippen LogP contribution in [0.1, 0.15) is 5.56 Å². The van der Waals surface area contributed by atoms with Gasteiger partial charge in [0.15, 0.2) is 0 Å². The van der Waals surface area contributed by atoms with Gasteiger partial charge >= 0.3 is 5.97 Å². The first kappa shape index (κ1) is 12.2. The first-order valence-corrected chi connectivity index (χ1v) is 4.79. The maximum Gasteiger partial charge on any atom is 0.320 e. The lowest BCUT2D eigenvalue weighted by Gasteiger charge is -2.08. The quantitative estimate of drug-likeness (QED) is 0.809. The van der Waals surface area contributed by atoms with E-state index in [0.29, 0.717) is 5.56 Å². The fourth-order valence-electron chi connectivity index (χ4n) is 1.04. The Morgan fingerprint density at radius 1 is 1.47 bits per heavy atom. The number of carbonyl (C=O) groups is 1. The summed E-state index contributed by atoms with van der Waals surface area (Å²) in [6, 6.07) is 1.24. The first-order valence-electron chi connectivity index (χ1n) is 4.03. The van der Waals surface area contributed by atoms with Crippen molar-refractivity contribution in [2.75, 3.05) is 0 Å². The highest BCUT2D eigenvalue weighted by molar-refractivity contribution is 6.33. The maximum absolute atomic E-state index is 12.9. The minimum Gasteiger partial charge on any atom is -0.480 e. The Morgan fingerprint density at radius 2 is 2.07 bits per heavy atom. The Kier molecular flexibility index (Phi) is 3.90. The molecule has 0 bridgehead atoms. The van der Waals surface area contributed by atoms with Gasteiger partial charge in [0.1, 0.15) is 11.9 Å². The summed E-state index contributed by atoms with van der Waals surface area (Å²) >= 11 is 11.2. The van der Waals surface area contributed by atoms with Crippen molar-refractivity contribution in [1.82, 2.24) is 0 Å². The van der Waals surface area contributed by atoms with Crippen LogP contribution in [0.3, 0.4) is 0 Å². The van der Waals surface area contributed by atoms with Gasteiger partial charge in [0.25, 0.3) is 0 Å². The number of benzene rings is 1. The Bertz CT molecular complexity index is 398. The van der Waals surface area contributed by atoms with Gasteiger partial charge in [0, 0.05) is 5.02 Å². The van der Waals surface area contributed by atoms with Crippen molar-refractivity contribution in [3.8, 4) is 0 Å². The van der Waals surface area contributed by atoms with Crippen LogP contribution in [0.15, 0.2) is 12.1 Å². The third-order valence-corrected chi connectivity index (χ3v) is 2.49. The summed E-state index contributed by atoms with van der Waals surface area (Å²) in [5.74, 6) is -1.79. The second-order valence-corrected chi connectivity index (χ2v) is 3.82. The van der Waals surface area contributed by atoms with Crippen molar-refractivity contribution < 1.29 is 14.3 Å². The predicted molar refractivity (Wildman–Crippen MR) is 55.7 cm³/mol. The molecule has 0 spiro atoms. The zero-order valence-corrected chi connectivity index (χ0v) is 9.02. The fourth-order valence-corrected chi connectivity index (χ4v) is 1.46. The molecular formula is C9H8Cl2FNO2. The van der Waals surface area contributed by atoms with E-state index < -0.39 is 17.8 Å². The highest BCUT2D eigenvalue weighted by Gasteiger charge is 2.15. The molecule has 1 aromatic rings. The Labute approximate surface area is 95.6 Å². The molecule has 1 atom stereocenters. The van der Waals surface area contributed by atoms with Crippen LogP contribution in [0, 0.1) is 5.82 Å². The zero-order chi connectivity index (χ0) is 11.6. The summed E-state index contributed by atoms with van der Waals surface area (Å²) in [4.78, 5) is 10.5. The third kappa shape index (κ3) is 3.06. The van der Waals surface area contributed by atoms with Crippen molar-refractivity contribution in [3.05, 3.63) is 33.6 Å². The highest BCUT2D eigenvalue weighted by Crippen LogP contribution is 2.24. The van der Waals surface area contributed by atoms with Gasteiger partial charge in [-0.05, 0) is 24.1 Å². The molecule has 0 radical (unpaired) electrons. The second kappa shape index (κ2) is 4.79. The van der Waals surface area contributed by atoms with Crippen molar-refractivity contribution in [2.45, 2.75) is 12.5 Å². The summed E-state index contributed by atoms with van der Waals surface area (Å²) in [6.45, 7) is 0. The van der Waals surface area contributed by atoms with Gasteiger partial charge in [-0.1, -0.05) is 23.2 Å². The van der Waals surface area contributed by atoms with Gasteiger partial charge in [-0.25, -0.2) is 4.39 Å². The van der Waals surface area contributed by atoms with Crippen LogP contribution in [0.2, 0.25) is 10.0 Å². The maximum atomic E-state index is 12.9. The molecule has 0 aromatic heterocycles. The number of hydrogen-bond acceptors (Lipinski definition) is 2. The van der Waals surface area contributed by atoms with Gasteiger partial charge in [-0.2, -0.15) is 0 Å². The highest BCUT2D eigenvalue weighted by atomic mass is 35.5. The molecule has 1 aromatic carbocycles. The smallest absolute Gasteiger partial charge is 0.320 e. The minimum absolute atomic E-state index is 0.00810. The van der Waals surface area contributed by atoms with E-state index in [-0.39, 0.29) is 16.5 Å². The number of aliphatic carboxylic acids is 1. The van der Waals surface area contributed by atoms with Gasteiger partial charge in [0.2, 0.25) is 0 Å². The van der Waals surface area contributed by atoms with Crippen LogP contribution in [0.25, 0.3) is 0 Å². The summed E-state index contributed by atoms with van der Waals surface area (Å²) in [6.07, 6.45) is 0.00810. The molecule has 0 aliphatic rings. The van der Waals surface area contributed by atoms with Crippen molar-refractivity contribution in [3.63, 3.8) is 0 Å². The van der Waals surface area contributed by atoms with Gasteiger partial charge in [0.05, 0.1) is 5.02 Å². The fraction of sp³-hybridized carbons (Fsp3) is 0.222. The molecule has 3 N–H and O–H groups in total. The van der Waals surface area contributed by atoms with Crippen molar-refractivity contribution >= 4 is 29.2 Å². The SMILES string of the molecule is NC(Cc1cc(Cl)c(F)cc1Cl)C(=O)O. The molecular weight excluding hydrogens is 244 g/mol. The van der Waals surface area contributed by atoms with Crippen LogP contribution in [0.5, 0.6) is 0 Å². The molecule has 1 rings (SSSR count). The van der Waals surface area contributed by atoms with Crippen molar-refractivity contribution in [2.24, 2.45) is 5.73 Å². The summed E-state index contributed by atoms with van der Waals surface area (Å²) in [5.41, 5.74) is 5.73. The molecule has 0 aliphatic carbocycles. The molecule has 0 heterocycles. The topological polar surface area (TPSA) is 63.3 Å². The van der Waals surface area contributed by atoms with Crippen molar-refractivity contribution in [1.29, 1.82) is 0 Å². The molecule has 0 saturated carbocycles. The number of rotatable bonds is 3. The monoisotopic (exact) mass is 251 g/mol. The molecule has 6 heteroatoms. The molecule has 0 amide bonds. The van der Waals surface area contributed by atoms with Crippen LogP contribution >= 0.6 is 23.2 Å². The molecule has 82 valence electrons. The average molecular weight is 252 g/mol. The Hall–Kier alpha value is -0.840. The van der Waals surface area contributed by atoms with Crippen LogP contribution < -0.4 is 5.73 Å². The zero-order valence-electron chi connectivity index (χ0n) is 7.51. The number of carboxylic acid groups (broad SMARTS) is 1. The lowest BCUT2D eigenvalue weighted by Crippen LogP contribution is -2.32. The minimum atomic E-state index is -1.15. The van der Waals surface area contributed by atoms with E-state index in [1.165, 1.54) is 6.07 Å². The summed E-state index contributed by atoms with van der Waals surface area (Å²) in [7, 11) is 0. The average Bonchev–Trinajstić information content (AvgIpc) is 2.13. The molecule has 1 unspecified atom stereocenters. The number of nitrogens with two attached hydrogens (primary N) is 1. The van der Waals surface area contributed by atoms with Gasteiger partial charge in [-0.3, -0.25) is 4.79 Å². The molecule has 0 saturated heterocycles. The van der Waals surface area contributed by atoms with E-state index in [4.69, 9.17) is 34.0 Å². The number of halogens is 3. The lowest BCUT2D eigenvalue weighted by molar-refractivity contribution is -0.138. The van der Waals surface area contributed by atoms with Crippen LogP contribution in [-0.2, 0) is 11.2 Å². The molecule has 15 heavy (non-hydrogen) atoms. The standard InChI is InChI=1S/C9H8Cl2FNO2/c10-5-3-7(12)6(11)1-4(5)2-8(13)9(14)15/h1,3,8H,2,13H2,(H,14,15). The Morgan fingerprint density at radius 3 is 2.60 bits per heavy atom. The van der Waals surface area contributed by atoms with Crippen LogP contribution in [0.4, 0.5) is 4.39 Å². The lowest BCUT2D eigenvalue weighted by atomic mass is 10.1. The van der Waals surface area contributed by atoms with Gasteiger partial charge < -0.3 is 10.8 Å². The number of hydrogen-bond donors (Lipinski definition) is 2. The third-order valence-electron chi connectivity index (χ3n) is 1.85. The van der Waals surface area contributed by atoms with E-state index in [1.54, 1.807) is 0 Å².